The highest BCUT2D eigenvalue weighted by Gasteiger charge is 2.35. The van der Waals surface area contributed by atoms with Gasteiger partial charge in [0, 0.05) is 29.9 Å². The van der Waals surface area contributed by atoms with Gasteiger partial charge in [-0.2, -0.15) is 0 Å². The van der Waals surface area contributed by atoms with Crippen LogP contribution in [-0.2, 0) is 21.2 Å². The molecule has 2 aliphatic carbocycles. The highest BCUT2D eigenvalue weighted by atomic mass is 32.2. The maximum Gasteiger partial charge on any atom is 0.319 e. The van der Waals surface area contributed by atoms with Crippen molar-refractivity contribution in [3.63, 3.8) is 0 Å². The average molecular weight is 531 g/mol. The van der Waals surface area contributed by atoms with Crippen LogP contribution < -0.4 is 20.3 Å². The van der Waals surface area contributed by atoms with Gasteiger partial charge in [-0.1, -0.05) is 30.3 Å². The van der Waals surface area contributed by atoms with Crippen molar-refractivity contribution in [2.75, 3.05) is 21.5 Å². The van der Waals surface area contributed by atoms with Gasteiger partial charge in [0.05, 0.1) is 10.6 Å². The SMILES string of the molecule is O=C(Nc1cccc(-c2ccc(S(=O)(=O)Nc3ccc4c(c3)N(C(=O)C3CC3)CCC4)cc2)c1)NC1CC1. The lowest BCUT2D eigenvalue weighted by Crippen LogP contribution is -2.36. The molecule has 6 rings (SSSR count). The van der Waals surface area contributed by atoms with Gasteiger partial charge in [-0.15, -0.1) is 0 Å². The second kappa shape index (κ2) is 9.79. The third-order valence-electron chi connectivity index (χ3n) is 7.18. The van der Waals surface area contributed by atoms with E-state index in [1.807, 2.05) is 35.2 Å². The van der Waals surface area contributed by atoms with Crippen molar-refractivity contribution in [2.24, 2.45) is 5.92 Å². The van der Waals surface area contributed by atoms with Crippen LogP contribution in [0.1, 0.15) is 37.7 Å². The first-order chi connectivity index (χ1) is 18.4. The first-order valence-electron chi connectivity index (χ1n) is 13.1. The highest BCUT2D eigenvalue weighted by Crippen LogP contribution is 2.37. The number of hydrogen-bond acceptors (Lipinski definition) is 4. The molecule has 3 N–H and O–H groups in total. The summed E-state index contributed by atoms with van der Waals surface area (Å²) in [6, 6.07) is 19.6. The fourth-order valence-electron chi connectivity index (χ4n) is 4.82. The predicted molar refractivity (Wildman–Crippen MR) is 148 cm³/mol. The maximum atomic E-state index is 13.2. The van der Waals surface area contributed by atoms with Gasteiger partial charge < -0.3 is 15.5 Å². The van der Waals surface area contributed by atoms with Crippen molar-refractivity contribution in [3.05, 3.63) is 72.3 Å². The van der Waals surface area contributed by atoms with Crippen LogP contribution >= 0.6 is 0 Å². The third kappa shape index (κ3) is 5.38. The van der Waals surface area contributed by atoms with Gasteiger partial charge in [-0.25, -0.2) is 13.2 Å². The molecule has 3 aromatic carbocycles. The smallest absolute Gasteiger partial charge is 0.319 e. The number of fused-ring (bicyclic) bond motifs is 1. The van der Waals surface area contributed by atoms with Gasteiger partial charge in [0.2, 0.25) is 5.91 Å². The number of benzene rings is 3. The molecule has 0 bridgehead atoms. The minimum Gasteiger partial charge on any atom is -0.335 e. The number of urea groups is 1. The van der Waals surface area contributed by atoms with Crippen LogP contribution in [0, 0.1) is 5.92 Å². The Bertz CT molecular complexity index is 1500. The molecule has 38 heavy (non-hydrogen) atoms. The number of sulfonamides is 1. The van der Waals surface area contributed by atoms with Gasteiger partial charge in [0.25, 0.3) is 10.0 Å². The monoisotopic (exact) mass is 530 g/mol. The number of aryl methyl sites for hydroxylation is 1. The second-order valence-electron chi connectivity index (χ2n) is 10.3. The first kappa shape index (κ1) is 24.5. The quantitative estimate of drug-likeness (QED) is 0.394. The lowest BCUT2D eigenvalue weighted by atomic mass is 10.0. The minimum atomic E-state index is -3.83. The molecule has 8 nitrogen and oxygen atoms in total. The molecule has 0 spiro atoms. The Kier molecular flexibility index (Phi) is 6.31. The van der Waals surface area contributed by atoms with Crippen LogP contribution in [0.5, 0.6) is 0 Å². The Morgan fingerprint density at radius 2 is 1.63 bits per heavy atom. The number of nitrogens with one attached hydrogen (secondary N) is 3. The van der Waals surface area contributed by atoms with E-state index >= 15 is 0 Å². The van der Waals surface area contributed by atoms with E-state index < -0.39 is 10.0 Å². The van der Waals surface area contributed by atoms with Crippen LogP contribution in [0.3, 0.4) is 0 Å². The molecule has 196 valence electrons. The lowest BCUT2D eigenvalue weighted by molar-refractivity contribution is -0.119. The Labute approximate surface area is 222 Å². The summed E-state index contributed by atoms with van der Waals surface area (Å²) in [5.41, 5.74) is 4.67. The highest BCUT2D eigenvalue weighted by molar-refractivity contribution is 7.92. The van der Waals surface area contributed by atoms with E-state index in [9.17, 15) is 18.0 Å². The number of nitrogens with zero attached hydrogens (tertiary/aromatic N) is 1. The van der Waals surface area contributed by atoms with E-state index in [0.717, 1.165) is 60.9 Å². The predicted octanol–water partition coefficient (Wildman–Crippen LogP) is 5.13. The van der Waals surface area contributed by atoms with Crippen LogP contribution in [0.15, 0.2) is 71.6 Å². The number of amides is 3. The fourth-order valence-corrected chi connectivity index (χ4v) is 5.86. The molecule has 3 aromatic rings. The lowest BCUT2D eigenvalue weighted by Gasteiger charge is -2.30. The summed E-state index contributed by atoms with van der Waals surface area (Å²) in [4.78, 5) is 26.8. The minimum absolute atomic E-state index is 0.108. The number of rotatable bonds is 7. The van der Waals surface area contributed by atoms with Crippen molar-refractivity contribution in [2.45, 2.75) is 49.5 Å². The molecule has 0 atom stereocenters. The van der Waals surface area contributed by atoms with Gasteiger partial charge in [0.15, 0.2) is 0 Å². The molecule has 0 unspecified atom stereocenters. The molecule has 3 aliphatic rings. The standard InChI is InChI=1S/C29H30N4O4S/c34-28(21-6-7-21)33-16-2-4-20-8-11-25(18-27(20)33)32-38(36,37)26-14-9-19(10-15-26)22-3-1-5-24(17-22)31-29(35)30-23-12-13-23/h1,3,5,8-11,14-15,17-18,21,23,32H,2,4,6-7,12-13,16H2,(H2,30,31,35). The molecule has 2 fully saturated rings. The normalized spacial score (nSPS) is 16.9. The molecule has 0 saturated heterocycles. The van der Waals surface area contributed by atoms with Gasteiger partial charge in [0.1, 0.15) is 0 Å². The Morgan fingerprint density at radius 1 is 0.842 bits per heavy atom. The van der Waals surface area contributed by atoms with E-state index in [1.54, 1.807) is 36.4 Å². The summed E-state index contributed by atoms with van der Waals surface area (Å²) in [5.74, 6) is 0.250. The number of anilines is 3. The van der Waals surface area contributed by atoms with E-state index in [4.69, 9.17) is 0 Å². The van der Waals surface area contributed by atoms with E-state index in [2.05, 4.69) is 15.4 Å². The summed E-state index contributed by atoms with van der Waals surface area (Å²) < 4.78 is 29.0. The zero-order valence-electron chi connectivity index (χ0n) is 20.9. The Morgan fingerprint density at radius 3 is 2.37 bits per heavy atom. The molecule has 1 aliphatic heterocycles. The summed E-state index contributed by atoms with van der Waals surface area (Å²) >= 11 is 0. The van der Waals surface area contributed by atoms with Crippen molar-refractivity contribution in [1.82, 2.24) is 5.32 Å². The molecule has 3 amide bonds. The van der Waals surface area contributed by atoms with E-state index in [0.29, 0.717) is 17.9 Å². The molecule has 0 aromatic heterocycles. The van der Waals surface area contributed by atoms with Gasteiger partial charge >= 0.3 is 6.03 Å². The van der Waals surface area contributed by atoms with Crippen molar-refractivity contribution in [1.29, 1.82) is 0 Å². The van der Waals surface area contributed by atoms with Crippen LogP contribution in [0.4, 0.5) is 21.9 Å². The summed E-state index contributed by atoms with van der Waals surface area (Å²) in [6.07, 6.45) is 5.69. The fraction of sp³-hybridized carbons (Fsp3) is 0.310. The number of carbonyl (C=O) groups is 2. The molecular weight excluding hydrogens is 500 g/mol. The molecule has 2 saturated carbocycles. The summed E-state index contributed by atoms with van der Waals surface area (Å²) in [7, 11) is -3.83. The second-order valence-corrected chi connectivity index (χ2v) is 12.0. The molecule has 0 radical (unpaired) electrons. The average Bonchev–Trinajstić information content (AvgIpc) is 3.83. The zero-order valence-corrected chi connectivity index (χ0v) is 21.8. The Balaban J connectivity index is 1.17. The van der Waals surface area contributed by atoms with Crippen molar-refractivity contribution in [3.8, 4) is 11.1 Å². The van der Waals surface area contributed by atoms with Gasteiger partial charge in [-0.3, -0.25) is 9.52 Å². The van der Waals surface area contributed by atoms with Crippen molar-refractivity contribution < 1.29 is 18.0 Å². The van der Waals surface area contributed by atoms with E-state index in [1.165, 1.54) is 0 Å². The zero-order chi connectivity index (χ0) is 26.3. The third-order valence-corrected chi connectivity index (χ3v) is 8.58. The topological polar surface area (TPSA) is 108 Å². The maximum absolute atomic E-state index is 13.2. The first-order valence-corrected chi connectivity index (χ1v) is 14.6. The number of hydrogen-bond donors (Lipinski definition) is 3. The van der Waals surface area contributed by atoms with Crippen LogP contribution in [-0.4, -0.2) is 32.9 Å². The summed E-state index contributed by atoms with van der Waals surface area (Å²) in [6.45, 7) is 0.669. The molecular formula is C29H30N4O4S. The Hall–Kier alpha value is -3.85. The van der Waals surface area contributed by atoms with Gasteiger partial charge in [-0.05, 0) is 91.6 Å². The number of carbonyl (C=O) groups excluding carboxylic acids is 2. The molecule has 9 heteroatoms. The van der Waals surface area contributed by atoms with Crippen molar-refractivity contribution >= 4 is 39.0 Å². The summed E-state index contributed by atoms with van der Waals surface area (Å²) in [5, 5.41) is 5.74. The van der Waals surface area contributed by atoms with Crippen LogP contribution in [0.25, 0.3) is 11.1 Å². The van der Waals surface area contributed by atoms with Crippen LogP contribution in [0.2, 0.25) is 0 Å². The largest absolute Gasteiger partial charge is 0.335 e. The molecule has 1 heterocycles. The van der Waals surface area contributed by atoms with E-state index in [-0.39, 0.29) is 28.8 Å².